The summed E-state index contributed by atoms with van der Waals surface area (Å²) in [5.41, 5.74) is 0.386. The molecule has 0 bridgehead atoms. The molecule has 1 fully saturated rings. The van der Waals surface area contributed by atoms with E-state index in [1.54, 1.807) is 12.1 Å². The molecule has 1 aromatic heterocycles. The van der Waals surface area contributed by atoms with E-state index in [2.05, 4.69) is 10.3 Å². The van der Waals surface area contributed by atoms with Crippen molar-refractivity contribution in [3.63, 3.8) is 0 Å². The zero-order chi connectivity index (χ0) is 16.3. The average Bonchev–Trinajstić information content (AvgIpc) is 3.16. The number of halogens is 1. The van der Waals surface area contributed by atoms with E-state index in [1.165, 1.54) is 18.4 Å². The number of nitrogens with zero attached hydrogens (tertiary/aromatic N) is 1. The normalized spacial score (nSPS) is 16.4. The van der Waals surface area contributed by atoms with Crippen LogP contribution in [0.25, 0.3) is 11.5 Å². The van der Waals surface area contributed by atoms with Crippen LogP contribution >= 0.6 is 0 Å². The summed E-state index contributed by atoms with van der Waals surface area (Å²) < 4.78 is 18.2. The number of rotatable bonds is 5. The maximum Gasteiger partial charge on any atom is 0.226 e. The molecule has 0 spiro atoms. The summed E-state index contributed by atoms with van der Waals surface area (Å²) in [6.45, 7) is 0.272. The Labute approximate surface area is 133 Å². The minimum absolute atomic E-state index is 0.0841. The second-order valence-electron chi connectivity index (χ2n) is 6.04. The third-order valence-electron chi connectivity index (χ3n) is 4.13. The number of carbonyl (C=O) groups excluding carboxylic acids is 1. The van der Waals surface area contributed by atoms with Gasteiger partial charge in [-0.3, -0.25) is 4.79 Å². The number of hydrogen-bond acceptors (Lipinski definition) is 4. The lowest BCUT2D eigenvalue weighted by molar-refractivity contribution is -0.121. The van der Waals surface area contributed by atoms with Crippen LogP contribution in [0.4, 0.5) is 4.39 Å². The van der Waals surface area contributed by atoms with E-state index in [1.807, 2.05) is 0 Å². The summed E-state index contributed by atoms with van der Waals surface area (Å²) in [6.07, 6.45) is 4.95. The standard InChI is InChI=1S/C17H19FN2O3/c18-13-5-3-12(4-6-13)16-20-14(10-23-16)9-15(21)19-11-17(22)7-1-2-8-17/h3-6,10,22H,1-2,7-9,11H2,(H,19,21). The smallest absolute Gasteiger partial charge is 0.226 e. The molecule has 3 rings (SSSR count). The molecular weight excluding hydrogens is 299 g/mol. The summed E-state index contributed by atoms with van der Waals surface area (Å²) in [5, 5.41) is 13.0. The van der Waals surface area contributed by atoms with Crippen molar-refractivity contribution in [3.05, 3.63) is 42.0 Å². The third-order valence-corrected chi connectivity index (χ3v) is 4.13. The number of oxazole rings is 1. The van der Waals surface area contributed by atoms with Crippen molar-refractivity contribution >= 4 is 5.91 Å². The van der Waals surface area contributed by atoms with Crippen molar-refractivity contribution in [2.75, 3.05) is 6.54 Å². The fraction of sp³-hybridized carbons (Fsp3) is 0.412. The molecule has 1 aromatic carbocycles. The lowest BCUT2D eigenvalue weighted by Gasteiger charge is -2.22. The van der Waals surface area contributed by atoms with Gasteiger partial charge in [-0.25, -0.2) is 9.37 Å². The van der Waals surface area contributed by atoms with Gasteiger partial charge in [0.15, 0.2) is 0 Å². The van der Waals surface area contributed by atoms with Crippen LogP contribution in [0, 0.1) is 5.82 Å². The number of benzene rings is 1. The first kappa shape index (κ1) is 15.7. The van der Waals surface area contributed by atoms with Gasteiger partial charge in [-0.2, -0.15) is 0 Å². The highest BCUT2D eigenvalue weighted by Gasteiger charge is 2.31. The molecule has 1 aliphatic carbocycles. The van der Waals surface area contributed by atoms with E-state index in [0.717, 1.165) is 25.7 Å². The topological polar surface area (TPSA) is 75.4 Å². The molecule has 2 aromatic rings. The molecular formula is C17H19FN2O3. The van der Waals surface area contributed by atoms with Crippen molar-refractivity contribution in [2.24, 2.45) is 0 Å². The molecule has 1 amide bonds. The minimum atomic E-state index is -0.765. The van der Waals surface area contributed by atoms with Crippen LogP contribution in [0.5, 0.6) is 0 Å². The van der Waals surface area contributed by atoms with Crippen LogP contribution in [-0.4, -0.2) is 28.1 Å². The van der Waals surface area contributed by atoms with E-state index in [0.29, 0.717) is 17.1 Å². The molecule has 1 heterocycles. The van der Waals surface area contributed by atoms with E-state index in [9.17, 15) is 14.3 Å². The van der Waals surface area contributed by atoms with E-state index in [-0.39, 0.29) is 24.7 Å². The van der Waals surface area contributed by atoms with Crippen molar-refractivity contribution in [1.82, 2.24) is 10.3 Å². The molecule has 0 saturated heterocycles. The number of carbonyl (C=O) groups is 1. The van der Waals surface area contributed by atoms with E-state index < -0.39 is 5.60 Å². The van der Waals surface area contributed by atoms with Gasteiger partial charge in [0.25, 0.3) is 0 Å². The molecule has 0 unspecified atom stereocenters. The summed E-state index contributed by atoms with van der Waals surface area (Å²) in [7, 11) is 0. The molecule has 23 heavy (non-hydrogen) atoms. The minimum Gasteiger partial charge on any atom is -0.444 e. The van der Waals surface area contributed by atoms with Crippen LogP contribution in [-0.2, 0) is 11.2 Å². The van der Waals surface area contributed by atoms with Crippen molar-refractivity contribution in [1.29, 1.82) is 0 Å². The molecule has 0 aliphatic heterocycles. The molecule has 2 N–H and O–H groups in total. The van der Waals surface area contributed by atoms with Gasteiger partial charge >= 0.3 is 0 Å². The van der Waals surface area contributed by atoms with Gasteiger partial charge < -0.3 is 14.8 Å². The van der Waals surface area contributed by atoms with Gasteiger partial charge in [-0.15, -0.1) is 0 Å². The fourth-order valence-corrected chi connectivity index (χ4v) is 2.81. The summed E-state index contributed by atoms with van der Waals surface area (Å²) in [6, 6.07) is 5.80. The van der Waals surface area contributed by atoms with Crippen LogP contribution < -0.4 is 5.32 Å². The second kappa shape index (κ2) is 6.50. The lowest BCUT2D eigenvalue weighted by atomic mass is 10.0. The first-order chi connectivity index (χ1) is 11.0. The number of nitrogens with one attached hydrogen (secondary N) is 1. The molecule has 5 nitrogen and oxygen atoms in total. The Bertz CT molecular complexity index is 675. The summed E-state index contributed by atoms with van der Waals surface area (Å²) >= 11 is 0. The largest absolute Gasteiger partial charge is 0.444 e. The Morgan fingerprint density at radius 1 is 1.30 bits per heavy atom. The Morgan fingerprint density at radius 3 is 2.70 bits per heavy atom. The molecule has 1 aliphatic rings. The number of amides is 1. The molecule has 122 valence electrons. The van der Waals surface area contributed by atoms with Crippen molar-refractivity contribution in [2.45, 2.75) is 37.7 Å². The third kappa shape index (κ3) is 3.96. The number of aromatic nitrogens is 1. The lowest BCUT2D eigenvalue weighted by Crippen LogP contribution is -2.41. The maximum absolute atomic E-state index is 12.9. The number of aliphatic hydroxyl groups is 1. The van der Waals surface area contributed by atoms with Gasteiger partial charge in [0, 0.05) is 12.1 Å². The van der Waals surface area contributed by atoms with E-state index in [4.69, 9.17) is 4.42 Å². The average molecular weight is 318 g/mol. The first-order valence-electron chi connectivity index (χ1n) is 7.74. The summed E-state index contributed by atoms with van der Waals surface area (Å²) in [5.74, 6) is -0.184. The Balaban J connectivity index is 1.56. The number of hydrogen-bond donors (Lipinski definition) is 2. The van der Waals surface area contributed by atoms with Crippen molar-refractivity contribution in [3.8, 4) is 11.5 Å². The fourth-order valence-electron chi connectivity index (χ4n) is 2.81. The highest BCUT2D eigenvalue weighted by molar-refractivity contribution is 5.78. The second-order valence-corrected chi connectivity index (χ2v) is 6.04. The predicted molar refractivity (Wildman–Crippen MR) is 82.0 cm³/mol. The maximum atomic E-state index is 12.9. The van der Waals surface area contributed by atoms with Crippen LogP contribution in [0.2, 0.25) is 0 Å². The Morgan fingerprint density at radius 2 is 2.00 bits per heavy atom. The highest BCUT2D eigenvalue weighted by atomic mass is 19.1. The molecule has 1 saturated carbocycles. The zero-order valence-corrected chi connectivity index (χ0v) is 12.7. The monoisotopic (exact) mass is 318 g/mol. The first-order valence-corrected chi connectivity index (χ1v) is 7.74. The van der Waals surface area contributed by atoms with Crippen LogP contribution in [0.3, 0.4) is 0 Å². The van der Waals surface area contributed by atoms with Gasteiger partial charge in [0.2, 0.25) is 11.8 Å². The van der Waals surface area contributed by atoms with Gasteiger partial charge in [0.1, 0.15) is 12.1 Å². The highest BCUT2D eigenvalue weighted by Crippen LogP contribution is 2.28. The van der Waals surface area contributed by atoms with Gasteiger partial charge in [-0.05, 0) is 37.1 Å². The molecule has 6 heteroatoms. The zero-order valence-electron chi connectivity index (χ0n) is 12.7. The molecule has 0 radical (unpaired) electrons. The van der Waals surface area contributed by atoms with Crippen molar-refractivity contribution < 1.29 is 18.7 Å². The SMILES string of the molecule is O=C(Cc1coc(-c2ccc(F)cc2)n1)NCC1(O)CCCC1. The molecule has 0 atom stereocenters. The quantitative estimate of drug-likeness (QED) is 0.888. The van der Waals surface area contributed by atoms with Crippen LogP contribution in [0.15, 0.2) is 34.9 Å². The Hall–Kier alpha value is -2.21. The van der Waals surface area contributed by atoms with Gasteiger partial charge in [0.05, 0.1) is 17.7 Å². The Kier molecular flexibility index (Phi) is 4.43. The van der Waals surface area contributed by atoms with Crippen LogP contribution in [0.1, 0.15) is 31.4 Å². The van der Waals surface area contributed by atoms with E-state index >= 15 is 0 Å². The van der Waals surface area contributed by atoms with Gasteiger partial charge in [-0.1, -0.05) is 12.8 Å². The summed E-state index contributed by atoms with van der Waals surface area (Å²) in [4.78, 5) is 16.2. The predicted octanol–water partition coefficient (Wildman–Crippen LogP) is 2.44.